The van der Waals surface area contributed by atoms with Crippen LogP contribution in [0.3, 0.4) is 0 Å². The number of unbranched alkanes of at least 4 members (excludes halogenated alkanes) is 2. The molecule has 0 saturated heterocycles. The van der Waals surface area contributed by atoms with Crippen LogP contribution in [-0.4, -0.2) is 35.5 Å². The summed E-state index contributed by atoms with van der Waals surface area (Å²) in [6, 6.07) is 11.7. The number of aromatic hydroxyl groups is 1. The molecule has 1 unspecified atom stereocenters. The topological polar surface area (TPSA) is 99.4 Å². The van der Waals surface area contributed by atoms with Crippen molar-refractivity contribution in [2.75, 3.05) is 19.8 Å². The smallest absolute Gasteiger partial charge is 0.338 e. The fourth-order valence-electron chi connectivity index (χ4n) is 4.44. The summed E-state index contributed by atoms with van der Waals surface area (Å²) in [6.45, 7) is 8.73. The van der Waals surface area contributed by atoms with Gasteiger partial charge in [-0.25, -0.2) is 9.79 Å². The van der Waals surface area contributed by atoms with E-state index in [1.807, 2.05) is 31.2 Å². The number of carbonyl (C=O) groups excluding carboxylic acids is 1. The van der Waals surface area contributed by atoms with Crippen LogP contribution in [0.1, 0.15) is 64.1 Å². The van der Waals surface area contributed by atoms with Crippen molar-refractivity contribution < 1.29 is 24.1 Å². The van der Waals surface area contributed by atoms with Gasteiger partial charge in [-0.3, -0.25) is 9.36 Å². The number of esters is 1. The van der Waals surface area contributed by atoms with Crippen molar-refractivity contribution in [2.24, 2.45) is 4.99 Å². The van der Waals surface area contributed by atoms with Crippen molar-refractivity contribution in [2.45, 2.75) is 53.0 Å². The van der Waals surface area contributed by atoms with Gasteiger partial charge in [0.1, 0.15) is 5.75 Å². The van der Waals surface area contributed by atoms with Crippen molar-refractivity contribution in [1.29, 1.82) is 0 Å². The Morgan fingerprint density at radius 3 is 2.54 bits per heavy atom. The molecule has 0 aliphatic carbocycles. The number of nitrogens with zero attached hydrogens (tertiary/aromatic N) is 2. The van der Waals surface area contributed by atoms with Crippen LogP contribution in [0, 0.1) is 0 Å². The van der Waals surface area contributed by atoms with Crippen LogP contribution >= 0.6 is 11.3 Å². The van der Waals surface area contributed by atoms with E-state index in [-0.39, 0.29) is 17.9 Å². The van der Waals surface area contributed by atoms with Crippen molar-refractivity contribution in [3.63, 3.8) is 0 Å². The molecule has 39 heavy (non-hydrogen) atoms. The van der Waals surface area contributed by atoms with E-state index in [0.717, 1.165) is 30.6 Å². The van der Waals surface area contributed by atoms with Gasteiger partial charge in [-0.1, -0.05) is 49.3 Å². The zero-order valence-corrected chi connectivity index (χ0v) is 23.5. The lowest BCUT2D eigenvalue weighted by Crippen LogP contribution is -2.39. The summed E-state index contributed by atoms with van der Waals surface area (Å²) in [5, 5.41) is 10.1. The molecule has 206 valence electrons. The molecule has 2 heterocycles. The number of thiazole rings is 1. The number of allylic oxidation sites excluding steroid dienone is 1. The Bertz CT molecular complexity index is 1530. The number of benzene rings is 2. The van der Waals surface area contributed by atoms with Gasteiger partial charge in [0.15, 0.2) is 16.3 Å². The number of carbonyl (C=O) groups is 1. The quantitative estimate of drug-likeness (QED) is 0.279. The number of aromatic nitrogens is 1. The summed E-state index contributed by atoms with van der Waals surface area (Å²) in [5.41, 5.74) is 2.02. The molecule has 1 atom stereocenters. The zero-order chi connectivity index (χ0) is 27.9. The maximum absolute atomic E-state index is 13.8. The monoisotopic (exact) mass is 550 g/mol. The average molecular weight is 551 g/mol. The van der Waals surface area contributed by atoms with Crippen LogP contribution in [0.15, 0.2) is 63.5 Å². The molecule has 0 bridgehead atoms. The van der Waals surface area contributed by atoms with Gasteiger partial charge in [-0.2, -0.15) is 0 Å². The Morgan fingerprint density at radius 1 is 1.08 bits per heavy atom. The van der Waals surface area contributed by atoms with Gasteiger partial charge in [0, 0.05) is 0 Å². The maximum atomic E-state index is 13.8. The molecule has 2 aromatic carbocycles. The summed E-state index contributed by atoms with van der Waals surface area (Å²) >= 11 is 1.24. The fraction of sp³-hybridized carbons (Fsp3) is 0.367. The molecule has 0 fully saturated rings. The second-order valence-corrected chi connectivity index (χ2v) is 10.1. The fourth-order valence-corrected chi connectivity index (χ4v) is 5.48. The van der Waals surface area contributed by atoms with Crippen LogP contribution in [0.4, 0.5) is 0 Å². The third kappa shape index (κ3) is 6.25. The zero-order valence-electron chi connectivity index (χ0n) is 22.7. The summed E-state index contributed by atoms with van der Waals surface area (Å²) < 4.78 is 18.7. The molecule has 1 N–H and O–H groups in total. The van der Waals surface area contributed by atoms with Crippen molar-refractivity contribution in [3.05, 3.63) is 84.5 Å². The number of phenols is 1. The molecule has 0 radical (unpaired) electrons. The van der Waals surface area contributed by atoms with Crippen LogP contribution in [0.25, 0.3) is 6.08 Å². The van der Waals surface area contributed by atoms with Crippen LogP contribution in [0.2, 0.25) is 0 Å². The standard InChI is InChI=1S/C30H34N2O6S/c1-5-8-9-16-38-22-13-11-21(12-14-22)27-26(29(35)37-7-3)19(4)31-30-32(27)28(34)25(39-30)18-20-10-15-23(33)24(17-20)36-6-2/h10-15,17-18,27,33H,5-9,16H2,1-4H3/b25-18-. The number of hydrogen-bond acceptors (Lipinski definition) is 8. The Hall–Kier alpha value is -3.85. The summed E-state index contributed by atoms with van der Waals surface area (Å²) in [6.07, 6.45) is 4.95. The molecule has 0 saturated carbocycles. The van der Waals surface area contributed by atoms with E-state index in [2.05, 4.69) is 11.9 Å². The number of fused-ring (bicyclic) bond motifs is 1. The van der Waals surface area contributed by atoms with Crippen LogP contribution in [-0.2, 0) is 9.53 Å². The van der Waals surface area contributed by atoms with Crippen molar-refractivity contribution in [1.82, 2.24) is 4.57 Å². The first kappa shape index (κ1) is 28.2. The molecule has 1 aliphatic rings. The van der Waals surface area contributed by atoms with Gasteiger partial charge in [0.2, 0.25) is 0 Å². The van der Waals surface area contributed by atoms with E-state index >= 15 is 0 Å². The molecule has 1 aliphatic heterocycles. The molecule has 0 amide bonds. The number of hydrogen-bond donors (Lipinski definition) is 1. The third-order valence-electron chi connectivity index (χ3n) is 6.31. The lowest BCUT2D eigenvalue weighted by Gasteiger charge is -2.24. The molecule has 9 heteroatoms. The summed E-state index contributed by atoms with van der Waals surface area (Å²) in [5.74, 6) is 0.605. The van der Waals surface area contributed by atoms with E-state index in [0.29, 0.717) is 45.1 Å². The van der Waals surface area contributed by atoms with Gasteiger partial charge in [0.25, 0.3) is 5.56 Å². The highest BCUT2D eigenvalue weighted by Gasteiger charge is 2.33. The first-order chi connectivity index (χ1) is 18.9. The first-order valence-corrected chi connectivity index (χ1v) is 14.1. The predicted octanol–water partition coefficient (Wildman–Crippen LogP) is 4.47. The molecular formula is C30H34N2O6S. The minimum Gasteiger partial charge on any atom is -0.504 e. The highest BCUT2D eigenvalue weighted by Crippen LogP contribution is 2.32. The number of ether oxygens (including phenoxy) is 3. The molecule has 1 aromatic heterocycles. The third-order valence-corrected chi connectivity index (χ3v) is 7.29. The Morgan fingerprint density at radius 2 is 1.85 bits per heavy atom. The van der Waals surface area contributed by atoms with E-state index in [9.17, 15) is 14.7 Å². The normalized spacial score (nSPS) is 15.1. The largest absolute Gasteiger partial charge is 0.504 e. The minimum absolute atomic E-state index is 0.0305. The molecule has 8 nitrogen and oxygen atoms in total. The second kappa shape index (κ2) is 12.8. The van der Waals surface area contributed by atoms with Crippen LogP contribution < -0.4 is 24.4 Å². The molecule has 3 aromatic rings. The highest BCUT2D eigenvalue weighted by molar-refractivity contribution is 7.07. The SMILES string of the molecule is CCCCCOc1ccc(C2C(C(=O)OCC)=C(C)N=c3s/c(=C\c4ccc(O)c(OCC)c4)c(=O)n32)cc1. The first-order valence-electron chi connectivity index (χ1n) is 13.3. The summed E-state index contributed by atoms with van der Waals surface area (Å²) in [7, 11) is 0. The van der Waals surface area contributed by atoms with Crippen LogP contribution in [0.5, 0.6) is 17.2 Å². The van der Waals surface area contributed by atoms with E-state index in [1.54, 1.807) is 36.6 Å². The van der Waals surface area contributed by atoms with Crippen molar-refractivity contribution >= 4 is 23.4 Å². The maximum Gasteiger partial charge on any atom is 0.338 e. The van der Waals surface area contributed by atoms with Crippen molar-refractivity contribution in [3.8, 4) is 17.2 Å². The lowest BCUT2D eigenvalue weighted by molar-refractivity contribution is -0.139. The molecule has 0 spiro atoms. The minimum atomic E-state index is -0.699. The highest BCUT2D eigenvalue weighted by atomic mass is 32.1. The van der Waals surface area contributed by atoms with E-state index < -0.39 is 12.0 Å². The lowest BCUT2D eigenvalue weighted by atomic mass is 9.96. The Balaban J connectivity index is 1.79. The number of phenolic OH excluding ortho intramolecular Hbond substituents is 1. The van der Waals surface area contributed by atoms with Gasteiger partial charge >= 0.3 is 5.97 Å². The Kier molecular flexibility index (Phi) is 9.24. The Labute approximate surface area is 231 Å². The van der Waals surface area contributed by atoms with Gasteiger partial charge in [0.05, 0.1) is 41.7 Å². The average Bonchev–Trinajstić information content (AvgIpc) is 3.22. The van der Waals surface area contributed by atoms with Gasteiger partial charge < -0.3 is 19.3 Å². The van der Waals surface area contributed by atoms with E-state index in [1.165, 1.54) is 17.4 Å². The summed E-state index contributed by atoms with van der Waals surface area (Å²) in [4.78, 5) is 32.0. The molecular weight excluding hydrogens is 516 g/mol. The second-order valence-electron chi connectivity index (χ2n) is 9.09. The predicted molar refractivity (Wildman–Crippen MR) is 151 cm³/mol. The van der Waals surface area contributed by atoms with Gasteiger partial charge in [-0.15, -0.1) is 0 Å². The molecule has 4 rings (SSSR count). The number of rotatable bonds is 11. The van der Waals surface area contributed by atoms with Gasteiger partial charge in [-0.05, 0) is 68.7 Å². The van der Waals surface area contributed by atoms with E-state index in [4.69, 9.17) is 14.2 Å².